The Labute approximate surface area is 152 Å². The molecule has 3 aromatic rings. The van der Waals surface area contributed by atoms with Gasteiger partial charge in [-0.25, -0.2) is 4.98 Å². The van der Waals surface area contributed by atoms with E-state index in [9.17, 15) is 4.79 Å². The third-order valence-electron chi connectivity index (χ3n) is 4.32. The van der Waals surface area contributed by atoms with E-state index in [1.54, 1.807) is 0 Å². The van der Waals surface area contributed by atoms with Gasteiger partial charge in [-0.15, -0.1) is 11.3 Å². The van der Waals surface area contributed by atoms with Crippen molar-refractivity contribution < 1.29 is 4.79 Å². The molecule has 4 heteroatoms. The summed E-state index contributed by atoms with van der Waals surface area (Å²) in [5.41, 5.74) is 7.84. The van der Waals surface area contributed by atoms with Crippen molar-refractivity contribution >= 4 is 22.9 Å². The molecule has 128 valence electrons. The molecule has 2 aromatic carbocycles. The molecule has 25 heavy (non-hydrogen) atoms. The first-order valence-electron chi connectivity index (χ1n) is 8.31. The molecule has 0 radical (unpaired) electrons. The van der Waals surface area contributed by atoms with Crippen LogP contribution in [-0.2, 0) is 11.2 Å². The van der Waals surface area contributed by atoms with Crippen molar-refractivity contribution in [2.75, 3.05) is 5.32 Å². The van der Waals surface area contributed by atoms with E-state index in [2.05, 4.69) is 43.2 Å². The molecular weight excluding hydrogens is 328 g/mol. The number of nitrogens with one attached hydrogen (secondary N) is 1. The van der Waals surface area contributed by atoms with Crippen LogP contribution >= 0.6 is 11.3 Å². The third-order valence-corrected chi connectivity index (χ3v) is 5.16. The zero-order valence-electron chi connectivity index (χ0n) is 15.0. The first-order chi connectivity index (χ1) is 11.9. The highest BCUT2D eigenvalue weighted by atomic mass is 32.1. The minimum absolute atomic E-state index is 0.0402. The van der Waals surface area contributed by atoms with E-state index < -0.39 is 0 Å². The summed E-state index contributed by atoms with van der Waals surface area (Å²) in [5.74, 6) is -0.0402. The van der Waals surface area contributed by atoms with E-state index in [1.807, 2.05) is 36.6 Å². The molecule has 1 aromatic heterocycles. The lowest BCUT2D eigenvalue weighted by atomic mass is 9.99. The number of carbonyl (C=O) groups is 1. The number of thiazole rings is 1. The number of nitrogens with zero attached hydrogens (tertiary/aromatic N) is 1. The monoisotopic (exact) mass is 350 g/mol. The van der Waals surface area contributed by atoms with Gasteiger partial charge in [0.15, 0.2) is 0 Å². The standard InChI is InChI=1S/C21H22N2OS/c1-13-5-7-17(8-6-13)22-20(24)11-21-23-19(12-25-21)18-10-15(3)14(2)9-16(18)4/h5-10,12H,11H2,1-4H3,(H,22,24). The van der Waals surface area contributed by atoms with Crippen molar-refractivity contribution in [2.24, 2.45) is 0 Å². The Morgan fingerprint density at radius 2 is 1.68 bits per heavy atom. The molecule has 0 spiro atoms. The number of benzene rings is 2. The van der Waals surface area contributed by atoms with Crippen molar-refractivity contribution in [3.63, 3.8) is 0 Å². The molecule has 1 amide bonds. The van der Waals surface area contributed by atoms with Crippen LogP contribution in [0.1, 0.15) is 27.3 Å². The van der Waals surface area contributed by atoms with E-state index in [0.717, 1.165) is 22.0 Å². The molecule has 0 aliphatic heterocycles. The first kappa shape index (κ1) is 17.4. The first-order valence-corrected chi connectivity index (χ1v) is 9.19. The zero-order chi connectivity index (χ0) is 18.0. The van der Waals surface area contributed by atoms with Crippen LogP contribution in [0.15, 0.2) is 41.8 Å². The Balaban J connectivity index is 1.72. The maximum atomic E-state index is 12.2. The van der Waals surface area contributed by atoms with Gasteiger partial charge in [0.1, 0.15) is 5.01 Å². The average molecular weight is 350 g/mol. The fourth-order valence-electron chi connectivity index (χ4n) is 2.73. The summed E-state index contributed by atoms with van der Waals surface area (Å²) in [6.07, 6.45) is 0.294. The molecule has 0 fully saturated rings. The number of carbonyl (C=O) groups excluding carboxylic acids is 1. The number of hydrogen-bond donors (Lipinski definition) is 1. The van der Waals surface area contributed by atoms with Gasteiger partial charge in [0, 0.05) is 16.6 Å². The number of aromatic nitrogens is 1. The SMILES string of the molecule is Cc1ccc(NC(=O)Cc2nc(-c3cc(C)c(C)cc3C)cs2)cc1. The topological polar surface area (TPSA) is 42.0 Å². The molecule has 0 bridgehead atoms. The Morgan fingerprint density at radius 1 is 1.00 bits per heavy atom. The number of amides is 1. The lowest BCUT2D eigenvalue weighted by Gasteiger charge is -2.07. The van der Waals surface area contributed by atoms with Crippen LogP contribution in [-0.4, -0.2) is 10.9 Å². The van der Waals surface area contributed by atoms with Gasteiger partial charge in [0.05, 0.1) is 12.1 Å². The highest BCUT2D eigenvalue weighted by Crippen LogP contribution is 2.28. The van der Waals surface area contributed by atoms with Gasteiger partial charge in [-0.2, -0.15) is 0 Å². The molecule has 1 N–H and O–H groups in total. The molecule has 0 saturated carbocycles. The molecular formula is C21H22N2OS. The van der Waals surface area contributed by atoms with Crippen LogP contribution in [0, 0.1) is 27.7 Å². The fourth-order valence-corrected chi connectivity index (χ4v) is 3.52. The van der Waals surface area contributed by atoms with Crippen LogP contribution in [0.4, 0.5) is 5.69 Å². The van der Waals surface area contributed by atoms with E-state index in [-0.39, 0.29) is 5.91 Å². The van der Waals surface area contributed by atoms with Crippen LogP contribution < -0.4 is 5.32 Å². The molecule has 3 nitrogen and oxygen atoms in total. The van der Waals surface area contributed by atoms with Crippen molar-refractivity contribution in [3.05, 3.63) is 69.0 Å². The van der Waals surface area contributed by atoms with Crippen molar-refractivity contribution in [1.29, 1.82) is 0 Å². The van der Waals surface area contributed by atoms with Gasteiger partial charge in [0.2, 0.25) is 5.91 Å². The Hall–Kier alpha value is -2.46. The Kier molecular flexibility index (Phi) is 5.00. The fraction of sp³-hybridized carbons (Fsp3) is 0.238. The number of rotatable bonds is 4. The number of aryl methyl sites for hydroxylation is 4. The van der Waals surface area contributed by atoms with Crippen LogP contribution in [0.5, 0.6) is 0 Å². The highest BCUT2D eigenvalue weighted by molar-refractivity contribution is 7.10. The maximum Gasteiger partial charge on any atom is 0.231 e. The van der Waals surface area contributed by atoms with E-state index >= 15 is 0 Å². The van der Waals surface area contributed by atoms with E-state index in [0.29, 0.717) is 6.42 Å². The van der Waals surface area contributed by atoms with Gasteiger partial charge >= 0.3 is 0 Å². The predicted molar refractivity (Wildman–Crippen MR) is 105 cm³/mol. The van der Waals surface area contributed by atoms with Crippen LogP contribution in [0.2, 0.25) is 0 Å². The number of anilines is 1. The molecule has 0 unspecified atom stereocenters. The minimum Gasteiger partial charge on any atom is -0.326 e. The molecule has 0 aliphatic carbocycles. The van der Waals surface area contributed by atoms with Crippen molar-refractivity contribution in [1.82, 2.24) is 4.98 Å². The summed E-state index contributed by atoms with van der Waals surface area (Å²) in [7, 11) is 0. The lowest BCUT2D eigenvalue weighted by Crippen LogP contribution is -2.14. The summed E-state index contributed by atoms with van der Waals surface area (Å²) in [4.78, 5) is 16.9. The normalized spacial score (nSPS) is 10.7. The summed E-state index contributed by atoms with van der Waals surface area (Å²) in [6.45, 7) is 8.36. The average Bonchev–Trinajstić information content (AvgIpc) is 3.01. The summed E-state index contributed by atoms with van der Waals surface area (Å²) in [6, 6.07) is 12.2. The molecule has 0 aliphatic rings. The lowest BCUT2D eigenvalue weighted by molar-refractivity contribution is -0.115. The van der Waals surface area contributed by atoms with Gasteiger partial charge in [0.25, 0.3) is 0 Å². The Bertz CT molecular complexity index is 910. The number of hydrogen-bond acceptors (Lipinski definition) is 3. The smallest absolute Gasteiger partial charge is 0.231 e. The summed E-state index contributed by atoms with van der Waals surface area (Å²) < 4.78 is 0. The predicted octanol–water partition coefficient (Wildman–Crippen LogP) is 5.22. The van der Waals surface area contributed by atoms with Crippen molar-refractivity contribution in [2.45, 2.75) is 34.1 Å². The second kappa shape index (κ2) is 7.19. The second-order valence-electron chi connectivity index (χ2n) is 6.47. The van der Waals surface area contributed by atoms with Crippen LogP contribution in [0.3, 0.4) is 0 Å². The van der Waals surface area contributed by atoms with Gasteiger partial charge in [-0.05, 0) is 62.6 Å². The van der Waals surface area contributed by atoms with Gasteiger partial charge in [-0.1, -0.05) is 23.8 Å². The summed E-state index contributed by atoms with van der Waals surface area (Å²) >= 11 is 1.53. The third kappa shape index (κ3) is 4.15. The largest absolute Gasteiger partial charge is 0.326 e. The quantitative estimate of drug-likeness (QED) is 0.700. The zero-order valence-corrected chi connectivity index (χ0v) is 15.8. The van der Waals surface area contributed by atoms with Gasteiger partial charge < -0.3 is 5.32 Å². The van der Waals surface area contributed by atoms with Crippen molar-refractivity contribution in [3.8, 4) is 11.3 Å². The minimum atomic E-state index is -0.0402. The Morgan fingerprint density at radius 3 is 2.40 bits per heavy atom. The highest BCUT2D eigenvalue weighted by Gasteiger charge is 2.12. The van der Waals surface area contributed by atoms with Gasteiger partial charge in [-0.3, -0.25) is 4.79 Å². The summed E-state index contributed by atoms with van der Waals surface area (Å²) in [5, 5.41) is 5.79. The molecule has 3 rings (SSSR count). The molecule has 0 saturated heterocycles. The molecule has 0 atom stereocenters. The van der Waals surface area contributed by atoms with E-state index in [1.165, 1.54) is 33.6 Å². The maximum absolute atomic E-state index is 12.2. The van der Waals surface area contributed by atoms with Crippen LogP contribution in [0.25, 0.3) is 11.3 Å². The second-order valence-corrected chi connectivity index (χ2v) is 7.41. The molecule has 1 heterocycles. The van der Waals surface area contributed by atoms with E-state index in [4.69, 9.17) is 0 Å².